The molecule has 0 bridgehead atoms. The minimum absolute atomic E-state index is 0.0788. The summed E-state index contributed by atoms with van der Waals surface area (Å²) in [4.78, 5) is 12.2. The van der Waals surface area contributed by atoms with E-state index in [0.29, 0.717) is 22.8 Å². The molecule has 0 aliphatic carbocycles. The van der Waals surface area contributed by atoms with Crippen LogP contribution < -0.4 is 10.6 Å². The fourth-order valence-corrected chi connectivity index (χ4v) is 2.49. The molecule has 1 heterocycles. The van der Waals surface area contributed by atoms with Gasteiger partial charge >= 0.3 is 6.03 Å². The lowest BCUT2D eigenvalue weighted by Gasteiger charge is -2.11. The molecular weight excluding hydrogens is 403 g/mol. The highest BCUT2D eigenvalue weighted by Crippen LogP contribution is 2.28. The lowest BCUT2D eigenvalue weighted by Crippen LogP contribution is -2.20. The number of carbonyl (C=O) groups excluding carboxylic acids is 1. The quantitative estimate of drug-likeness (QED) is 0.605. The summed E-state index contributed by atoms with van der Waals surface area (Å²) in [7, 11) is 0. The summed E-state index contributed by atoms with van der Waals surface area (Å²) in [5.41, 5.74) is 1.45. The highest BCUT2D eigenvalue weighted by Gasteiger charge is 2.12. The van der Waals surface area contributed by atoms with Gasteiger partial charge in [-0.2, -0.15) is 0 Å². The lowest BCUT2D eigenvalue weighted by molar-refractivity contribution is 0.262. The third kappa shape index (κ3) is 3.69. The van der Waals surface area contributed by atoms with Gasteiger partial charge in [0.05, 0.1) is 10.7 Å². The molecule has 24 heavy (non-hydrogen) atoms. The summed E-state index contributed by atoms with van der Waals surface area (Å²) >= 11 is 9.05. The number of rotatable bonds is 3. The van der Waals surface area contributed by atoms with Crippen molar-refractivity contribution in [2.45, 2.75) is 0 Å². The SMILES string of the molecule is O=C(Nc1ccc(F)c(Cl)c1)Nc1ccc(Br)cc1-c1nnn[nH]1. The molecule has 3 rings (SSSR count). The predicted molar refractivity (Wildman–Crippen MR) is 91.4 cm³/mol. The molecule has 0 fully saturated rings. The monoisotopic (exact) mass is 410 g/mol. The van der Waals surface area contributed by atoms with Crippen molar-refractivity contribution in [3.63, 3.8) is 0 Å². The number of carbonyl (C=O) groups is 1. The van der Waals surface area contributed by atoms with Crippen molar-refractivity contribution in [1.82, 2.24) is 20.6 Å². The van der Waals surface area contributed by atoms with Gasteiger partial charge in [0.25, 0.3) is 0 Å². The summed E-state index contributed by atoms with van der Waals surface area (Å²) < 4.78 is 13.9. The predicted octanol–water partition coefficient (Wildman–Crippen LogP) is 4.07. The normalized spacial score (nSPS) is 10.5. The van der Waals surface area contributed by atoms with E-state index in [1.165, 1.54) is 18.2 Å². The Labute approximate surface area is 148 Å². The Hall–Kier alpha value is -2.52. The zero-order chi connectivity index (χ0) is 17.1. The highest BCUT2D eigenvalue weighted by molar-refractivity contribution is 9.10. The van der Waals surface area contributed by atoms with Gasteiger partial charge in [-0.25, -0.2) is 14.3 Å². The number of hydrogen-bond donors (Lipinski definition) is 3. The third-order valence-corrected chi connectivity index (χ3v) is 3.79. The van der Waals surface area contributed by atoms with E-state index in [1.807, 2.05) is 0 Å². The zero-order valence-electron chi connectivity index (χ0n) is 11.8. The van der Waals surface area contributed by atoms with E-state index in [1.54, 1.807) is 18.2 Å². The van der Waals surface area contributed by atoms with Crippen molar-refractivity contribution < 1.29 is 9.18 Å². The second-order valence-corrected chi connectivity index (χ2v) is 5.97. The number of H-pyrrole nitrogens is 1. The van der Waals surface area contributed by atoms with Crippen LogP contribution in [0.4, 0.5) is 20.6 Å². The van der Waals surface area contributed by atoms with E-state index in [9.17, 15) is 9.18 Å². The molecule has 1 aromatic heterocycles. The van der Waals surface area contributed by atoms with Gasteiger partial charge in [-0.3, -0.25) is 0 Å². The van der Waals surface area contributed by atoms with E-state index in [4.69, 9.17) is 11.6 Å². The van der Waals surface area contributed by atoms with Crippen LogP contribution in [-0.2, 0) is 0 Å². The molecule has 0 saturated carbocycles. The number of aromatic amines is 1. The number of nitrogens with one attached hydrogen (secondary N) is 3. The molecular formula is C14H9BrClFN6O. The van der Waals surface area contributed by atoms with Crippen LogP contribution in [0, 0.1) is 5.82 Å². The van der Waals surface area contributed by atoms with Crippen LogP contribution in [0.15, 0.2) is 40.9 Å². The number of halogens is 3. The van der Waals surface area contributed by atoms with Gasteiger partial charge in [-0.15, -0.1) is 5.10 Å². The van der Waals surface area contributed by atoms with E-state index in [-0.39, 0.29) is 5.02 Å². The number of amides is 2. The molecule has 122 valence electrons. The van der Waals surface area contributed by atoms with Gasteiger partial charge in [-0.1, -0.05) is 27.5 Å². The Morgan fingerprint density at radius 2 is 2.04 bits per heavy atom. The first-order chi connectivity index (χ1) is 11.5. The fraction of sp³-hybridized carbons (Fsp3) is 0. The average molecular weight is 412 g/mol. The second kappa shape index (κ2) is 6.93. The minimum atomic E-state index is -0.560. The van der Waals surface area contributed by atoms with Crippen molar-refractivity contribution in [2.75, 3.05) is 10.6 Å². The van der Waals surface area contributed by atoms with Gasteiger partial charge in [0.1, 0.15) is 5.82 Å². The molecule has 0 radical (unpaired) electrons. The topological polar surface area (TPSA) is 95.6 Å². The Balaban J connectivity index is 1.80. The third-order valence-electron chi connectivity index (χ3n) is 3.01. The van der Waals surface area contributed by atoms with Crippen LogP contribution in [-0.4, -0.2) is 26.7 Å². The Kier molecular flexibility index (Phi) is 4.72. The first kappa shape index (κ1) is 16.3. The molecule has 3 N–H and O–H groups in total. The molecule has 2 amide bonds. The van der Waals surface area contributed by atoms with Crippen molar-refractivity contribution in [1.29, 1.82) is 0 Å². The summed E-state index contributed by atoms with van der Waals surface area (Å²) in [6.07, 6.45) is 0. The van der Waals surface area contributed by atoms with E-state index in [0.717, 1.165) is 4.47 Å². The fourth-order valence-electron chi connectivity index (χ4n) is 1.95. The number of tetrazole rings is 1. The summed E-state index contributed by atoms with van der Waals surface area (Å²) in [6, 6.07) is 8.59. The highest BCUT2D eigenvalue weighted by atomic mass is 79.9. The van der Waals surface area contributed by atoms with Crippen molar-refractivity contribution in [3.05, 3.63) is 51.7 Å². The van der Waals surface area contributed by atoms with Crippen molar-refractivity contribution in [2.24, 2.45) is 0 Å². The number of urea groups is 1. The molecule has 7 nitrogen and oxygen atoms in total. The number of benzene rings is 2. The van der Waals surface area contributed by atoms with Gasteiger partial charge < -0.3 is 10.6 Å². The maximum atomic E-state index is 13.1. The van der Waals surface area contributed by atoms with E-state index < -0.39 is 11.8 Å². The molecule has 0 atom stereocenters. The van der Waals surface area contributed by atoms with E-state index in [2.05, 4.69) is 47.2 Å². The first-order valence-corrected chi connectivity index (χ1v) is 7.77. The molecule has 0 aliphatic rings. The molecule has 10 heteroatoms. The van der Waals surface area contributed by atoms with Crippen LogP contribution in [0.25, 0.3) is 11.4 Å². The van der Waals surface area contributed by atoms with E-state index >= 15 is 0 Å². The Bertz CT molecular complexity index is 889. The molecule has 2 aromatic carbocycles. The van der Waals surface area contributed by atoms with Gasteiger partial charge in [0.2, 0.25) is 0 Å². The number of anilines is 2. The van der Waals surface area contributed by atoms with Gasteiger partial charge in [-0.05, 0) is 46.8 Å². The summed E-state index contributed by atoms with van der Waals surface area (Å²) in [5, 5.41) is 18.7. The average Bonchev–Trinajstić information content (AvgIpc) is 3.07. The molecule has 0 aliphatic heterocycles. The lowest BCUT2D eigenvalue weighted by atomic mass is 10.1. The van der Waals surface area contributed by atoms with Crippen LogP contribution >= 0.6 is 27.5 Å². The summed E-state index contributed by atoms with van der Waals surface area (Å²) in [6.45, 7) is 0. The second-order valence-electron chi connectivity index (χ2n) is 4.65. The number of aromatic nitrogens is 4. The molecule has 0 spiro atoms. The van der Waals surface area contributed by atoms with Crippen LogP contribution in [0.3, 0.4) is 0 Å². The Morgan fingerprint density at radius 3 is 2.75 bits per heavy atom. The van der Waals surface area contributed by atoms with Crippen LogP contribution in [0.2, 0.25) is 5.02 Å². The van der Waals surface area contributed by atoms with Gasteiger partial charge in [0, 0.05) is 15.7 Å². The smallest absolute Gasteiger partial charge is 0.308 e. The van der Waals surface area contributed by atoms with Crippen molar-refractivity contribution >= 4 is 44.9 Å². The van der Waals surface area contributed by atoms with Crippen molar-refractivity contribution in [3.8, 4) is 11.4 Å². The zero-order valence-corrected chi connectivity index (χ0v) is 14.2. The Morgan fingerprint density at radius 1 is 1.21 bits per heavy atom. The largest absolute Gasteiger partial charge is 0.323 e. The molecule has 0 unspecified atom stereocenters. The summed E-state index contributed by atoms with van der Waals surface area (Å²) in [5.74, 6) is -0.160. The molecule has 3 aromatic rings. The maximum Gasteiger partial charge on any atom is 0.323 e. The van der Waals surface area contributed by atoms with Crippen LogP contribution in [0.1, 0.15) is 0 Å². The number of nitrogens with zero attached hydrogens (tertiary/aromatic N) is 3. The standard InChI is InChI=1S/C14H9BrClFN6O/c15-7-1-4-12(9(5-7)13-20-22-23-21-13)19-14(24)18-8-2-3-11(17)10(16)6-8/h1-6H,(H2,18,19,24)(H,20,21,22,23). The minimum Gasteiger partial charge on any atom is -0.308 e. The van der Waals surface area contributed by atoms with Gasteiger partial charge in [0.15, 0.2) is 5.82 Å². The van der Waals surface area contributed by atoms with Crippen LogP contribution in [0.5, 0.6) is 0 Å². The maximum absolute atomic E-state index is 13.1. The molecule has 0 saturated heterocycles. The first-order valence-electron chi connectivity index (χ1n) is 6.59. The number of hydrogen-bond acceptors (Lipinski definition) is 4.